The van der Waals surface area contributed by atoms with Gasteiger partial charge in [-0.3, -0.25) is 0 Å². The number of rotatable bonds is 2. The Balaban J connectivity index is 2.50. The minimum absolute atomic E-state index is 0.0961. The molecule has 0 aliphatic heterocycles. The molecule has 0 N–H and O–H groups in total. The summed E-state index contributed by atoms with van der Waals surface area (Å²) in [6.45, 7) is 0. The molecular formula is C10H9F2NO. The molecule has 0 amide bonds. The van der Waals surface area contributed by atoms with Gasteiger partial charge in [0.1, 0.15) is 5.54 Å². The summed E-state index contributed by atoms with van der Waals surface area (Å²) in [5.41, 5.74) is -0.912. The maximum Gasteiger partial charge on any atom is 0.164 e. The summed E-state index contributed by atoms with van der Waals surface area (Å²) in [7, 11) is 0. The van der Waals surface area contributed by atoms with Crippen molar-refractivity contribution in [1.82, 2.24) is 0 Å². The third-order valence-corrected chi connectivity index (χ3v) is 2.81. The van der Waals surface area contributed by atoms with E-state index in [2.05, 4.69) is 5.18 Å². The highest BCUT2D eigenvalue weighted by Crippen LogP contribution is 2.45. The maximum atomic E-state index is 13.3. The first-order valence-corrected chi connectivity index (χ1v) is 4.49. The minimum atomic E-state index is -1.01. The molecule has 0 aromatic heterocycles. The monoisotopic (exact) mass is 197 g/mol. The van der Waals surface area contributed by atoms with Crippen molar-refractivity contribution >= 4 is 0 Å². The van der Waals surface area contributed by atoms with E-state index in [-0.39, 0.29) is 5.56 Å². The molecule has 0 spiro atoms. The van der Waals surface area contributed by atoms with Crippen molar-refractivity contribution in [2.24, 2.45) is 5.18 Å². The molecule has 2 rings (SSSR count). The largest absolute Gasteiger partial charge is 0.204 e. The molecule has 0 radical (unpaired) electrons. The SMILES string of the molecule is O=NC1(c2cccc(F)c2F)CCC1. The third kappa shape index (κ3) is 1.14. The molecule has 1 aromatic rings. The van der Waals surface area contributed by atoms with E-state index in [0.717, 1.165) is 12.5 Å². The molecule has 0 bridgehead atoms. The highest BCUT2D eigenvalue weighted by atomic mass is 19.2. The van der Waals surface area contributed by atoms with E-state index in [4.69, 9.17) is 0 Å². The summed E-state index contributed by atoms with van der Waals surface area (Å²) in [5.74, 6) is -1.86. The first-order valence-electron chi connectivity index (χ1n) is 4.49. The van der Waals surface area contributed by atoms with E-state index < -0.39 is 17.2 Å². The summed E-state index contributed by atoms with van der Waals surface area (Å²) in [6, 6.07) is 3.87. The Bertz CT molecular complexity index is 374. The van der Waals surface area contributed by atoms with Gasteiger partial charge < -0.3 is 0 Å². The van der Waals surface area contributed by atoms with Gasteiger partial charge in [0.2, 0.25) is 0 Å². The van der Waals surface area contributed by atoms with Crippen molar-refractivity contribution in [3.05, 3.63) is 40.3 Å². The fourth-order valence-electron chi connectivity index (χ4n) is 1.78. The normalized spacial score (nSPS) is 18.7. The van der Waals surface area contributed by atoms with Gasteiger partial charge in [-0.25, -0.2) is 8.78 Å². The van der Waals surface area contributed by atoms with Crippen LogP contribution >= 0.6 is 0 Å². The van der Waals surface area contributed by atoms with Crippen LogP contribution in [0.1, 0.15) is 24.8 Å². The maximum absolute atomic E-state index is 13.3. The van der Waals surface area contributed by atoms with Crippen molar-refractivity contribution in [3.63, 3.8) is 0 Å². The van der Waals surface area contributed by atoms with Crippen LogP contribution in [0.4, 0.5) is 8.78 Å². The van der Waals surface area contributed by atoms with Gasteiger partial charge in [0.25, 0.3) is 0 Å². The summed E-state index contributed by atoms with van der Waals surface area (Å²) in [5, 5.41) is 2.94. The molecule has 74 valence electrons. The lowest BCUT2D eigenvalue weighted by molar-refractivity contribution is 0.243. The van der Waals surface area contributed by atoms with E-state index in [1.165, 1.54) is 12.1 Å². The first kappa shape index (κ1) is 9.24. The van der Waals surface area contributed by atoms with Crippen molar-refractivity contribution in [2.45, 2.75) is 24.8 Å². The standard InChI is InChI=1S/C10H9F2NO/c11-8-4-1-3-7(9(8)12)10(13-14)5-2-6-10/h1,3-4H,2,5-6H2. The molecular weight excluding hydrogens is 188 g/mol. The highest BCUT2D eigenvalue weighted by molar-refractivity contribution is 5.29. The number of nitroso groups, excluding NO2 is 1. The van der Waals surface area contributed by atoms with Crippen LogP contribution in [0.2, 0.25) is 0 Å². The lowest BCUT2D eigenvalue weighted by atomic mass is 9.72. The number of hydrogen-bond acceptors (Lipinski definition) is 2. The smallest absolute Gasteiger partial charge is 0.164 e. The number of nitrogens with zero attached hydrogens (tertiary/aromatic N) is 1. The lowest BCUT2D eigenvalue weighted by Crippen LogP contribution is -2.32. The molecule has 1 saturated carbocycles. The molecule has 0 saturated heterocycles. The summed E-state index contributed by atoms with van der Waals surface area (Å²) < 4.78 is 26.2. The average Bonchev–Trinajstić information content (AvgIpc) is 2.11. The molecule has 1 aromatic carbocycles. The predicted molar refractivity (Wildman–Crippen MR) is 47.7 cm³/mol. The highest BCUT2D eigenvalue weighted by Gasteiger charge is 2.43. The van der Waals surface area contributed by atoms with Crippen molar-refractivity contribution in [2.75, 3.05) is 0 Å². The molecule has 1 aliphatic carbocycles. The van der Waals surface area contributed by atoms with E-state index in [1.807, 2.05) is 0 Å². The number of hydrogen-bond donors (Lipinski definition) is 0. The second-order valence-corrected chi connectivity index (χ2v) is 3.58. The van der Waals surface area contributed by atoms with Crippen LogP contribution in [0, 0.1) is 16.5 Å². The Morgan fingerprint density at radius 1 is 1.29 bits per heavy atom. The van der Waals surface area contributed by atoms with Gasteiger partial charge in [-0.2, -0.15) is 0 Å². The molecule has 0 atom stereocenters. The van der Waals surface area contributed by atoms with Gasteiger partial charge in [0, 0.05) is 5.56 Å². The Hall–Kier alpha value is -1.32. The third-order valence-electron chi connectivity index (χ3n) is 2.81. The minimum Gasteiger partial charge on any atom is -0.204 e. The van der Waals surface area contributed by atoms with Crippen molar-refractivity contribution in [1.29, 1.82) is 0 Å². The Labute approximate surface area is 79.9 Å². The zero-order valence-electron chi connectivity index (χ0n) is 7.46. The summed E-state index contributed by atoms with van der Waals surface area (Å²) >= 11 is 0. The van der Waals surface area contributed by atoms with E-state index in [1.54, 1.807) is 0 Å². The van der Waals surface area contributed by atoms with Crippen molar-refractivity contribution in [3.8, 4) is 0 Å². The number of halogens is 2. The van der Waals surface area contributed by atoms with Crippen LogP contribution in [-0.4, -0.2) is 0 Å². The van der Waals surface area contributed by atoms with Crippen LogP contribution in [0.5, 0.6) is 0 Å². The quantitative estimate of drug-likeness (QED) is 0.670. The van der Waals surface area contributed by atoms with E-state index in [0.29, 0.717) is 12.8 Å². The lowest BCUT2D eigenvalue weighted by Gasteiger charge is -2.35. The topological polar surface area (TPSA) is 29.4 Å². The van der Waals surface area contributed by atoms with Crippen LogP contribution in [0.3, 0.4) is 0 Å². The molecule has 1 aliphatic rings. The van der Waals surface area contributed by atoms with Gasteiger partial charge in [0.05, 0.1) is 0 Å². The molecule has 4 heteroatoms. The zero-order chi connectivity index (χ0) is 10.2. The average molecular weight is 197 g/mol. The van der Waals surface area contributed by atoms with Gasteiger partial charge in [-0.1, -0.05) is 17.3 Å². The zero-order valence-corrected chi connectivity index (χ0v) is 7.46. The fourth-order valence-corrected chi connectivity index (χ4v) is 1.78. The van der Waals surface area contributed by atoms with Crippen LogP contribution in [-0.2, 0) is 5.54 Å². The molecule has 14 heavy (non-hydrogen) atoms. The first-order chi connectivity index (χ1) is 6.69. The summed E-state index contributed by atoms with van der Waals surface area (Å²) in [6.07, 6.45) is 1.86. The van der Waals surface area contributed by atoms with Gasteiger partial charge in [-0.15, -0.1) is 4.91 Å². The second kappa shape index (κ2) is 3.12. The fraction of sp³-hybridized carbons (Fsp3) is 0.400. The van der Waals surface area contributed by atoms with E-state index >= 15 is 0 Å². The Kier molecular flexibility index (Phi) is 2.06. The van der Waals surface area contributed by atoms with Crippen LogP contribution < -0.4 is 0 Å². The second-order valence-electron chi connectivity index (χ2n) is 3.58. The molecule has 0 heterocycles. The Morgan fingerprint density at radius 3 is 2.50 bits per heavy atom. The molecule has 2 nitrogen and oxygen atoms in total. The molecule has 1 fully saturated rings. The van der Waals surface area contributed by atoms with Gasteiger partial charge in [0.15, 0.2) is 11.6 Å². The van der Waals surface area contributed by atoms with Gasteiger partial charge >= 0.3 is 0 Å². The van der Waals surface area contributed by atoms with Crippen LogP contribution in [0.25, 0.3) is 0 Å². The predicted octanol–water partition coefficient (Wildman–Crippen LogP) is 3.11. The summed E-state index contributed by atoms with van der Waals surface area (Å²) in [4.78, 5) is 10.6. The van der Waals surface area contributed by atoms with Crippen molar-refractivity contribution < 1.29 is 8.78 Å². The van der Waals surface area contributed by atoms with E-state index in [9.17, 15) is 13.7 Å². The molecule has 0 unspecified atom stereocenters. The Morgan fingerprint density at radius 2 is 2.00 bits per heavy atom. The number of benzene rings is 1. The van der Waals surface area contributed by atoms with Crippen LogP contribution in [0.15, 0.2) is 23.4 Å². The van der Waals surface area contributed by atoms with Gasteiger partial charge in [-0.05, 0) is 25.3 Å².